The Labute approximate surface area is 114 Å². The highest BCUT2D eigenvalue weighted by Gasteiger charge is 2.41. The van der Waals surface area contributed by atoms with Crippen molar-refractivity contribution >= 4 is 11.9 Å². The summed E-state index contributed by atoms with van der Waals surface area (Å²) in [6.45, 7) is 5.80. The van der Waals surface area contributed by atoms with Crippen LogP contribution >= 0.6 is 0 Å². The van der Waals surface area contributed by atoms with Gasteiger partial charge in [0.2, 0.25) is 5.91 Å². The van der Waals surface area contributed by atoms with Crippen molar-refractivity contribution < 1.29 is 19.8 Å². The van der Waals surface area contributed by atoms with E-state index in [4.69, 9.17) is 5.11 Å². The van der Waals surface area contributed by atoms with Crippen LogP contribution in [-0.4, -0.2) is 34.2 Å². The van der Waals surface area contributed by atoms with Crippen molar-refractivity contribution in [2.24, 2.45) is 17.8 Å². The lowest BCUT2D eigenvalue weighted by Crippen LogP contribution is -2.44. The number of hydrogen-bond acceptors (Lipinski definition) is 3. The number of amides is 1. The number of carbonyl (C=O) groups excluding carboxylic acids is 1. The molecular formula is C14H25NO4. The van der Waals surface area contributed by atoms with Gasteiger partial charge in [0.1, 0.15) is 0 Å². The number of nitrogens with one attached hydrogen (secondary N) is 1. The molecule has 1 aliphatic carbocycles. The van der Waals surface area contributed by atoms with Crippen LogP contribution in [0.4, 0.5) is 0 Å². The van der Waals surface area contributed by atoms with Gasteiger partial charge in [0.05, 0.1) is 17.4 Å². The van der Waals surface area contributed by atoms with Crippen molar-refractivity contribution in [3.63, 3.8) is 0 Å². The molecule has 19 heavy (non-hydrogen) atoms. The summed E-state index contributed by atoms with van der Waals surface area (Å²) in [5, 5.41) is 21.8. The lowest BCUT2D eigenvalue weighted by Gasteiger charge is -2.24. The van der Waals surface area contributed by atoms with Gasteiger partial charge in [-0.15, -0.1) is 0 Å². The summed E-state index contributed by atoms with van der Waals surface area (Å²) < 4.78 is 0. The highest BCUT2D eigenvalue weighted by Crippen LogP contribution is 2.36. The van der Waals surface area contributed by atoms with E-state index in [1.807, 2.05) is 13.8 Å². The highest BCUT2D eigenvalue weighted by molar-refractivity contribution is 5.85. The van der Waals surface area contributed by atoms with Crippen LogP contribution in [0.3, 0.4) is 0 Å². The molecule has 0 bridgehead atoms. The largest absolute Gasteiger partial charge is 0.481 e. The third kappa shape index (κ3) is 4.49. The maximum absolute atomic E-state index is 12.1. The Hall–Kier alpha value is -1.10. The van der Waals surface area contributed by atoms with E-state index < -0.39 is 23.4 Å². The summed E-state index contributed by atoms with van der Waals surface area (Å²) in [5.41, 5.74) is -0.923. The lowest BCUT2D eigenvalue weighted by molar-refractivity contribution is -0.146. The van der Waals surface area contributed by atoms with Gasteiger partial charge < -0.3 is 15.5 Å². The topological polar surface area (TPSA) is 86.6 Å². The second kappa shape index (κ2) is 6.37. The van der Waals surface area contributed by atoms with E-state index in [0.717, 1.165) is 6.42 Å². The monoisotopic (exact) mass is 271 g/mol. The first kappa shape index (κ1) is 16.0. The van der Waals surface area contributed by atoms with Gasteiger partial charge in [-0.05, 0) is 32.1 Å². The van der Waals surface area contributed by atoms with Gasteiger partial charge >= 0.3 is 5.97 Å². The van der Waals surface area contributed by atoms with E-state index >= 15 is 0 Å². The molecule has 0 heterocycles. The molecule has 1 amide bonds. The standard InChI is InChI=1S/C14H25NO4/c1-4-5-14(3,19)8-15-12(16)10-6-9(2)7-11(10)13(17)18/h9-11,19H,4-8H2,1-3H3,(H,15,16)(H,17,18). The third-order valence-corrected chi connectivity index (χ3v) is 3.88. The van der Waals surface area contributed by atoms with Crippen LogP contribution in [0, 0.1) is 17.8 Å². The zero-order valence-electron chi connectivity index (χ0n) is 12.0. The molecule has 0 saturated heterocycles. The van der Waals surface area contributed by atoms with E-state index in [1.165, 1.54) is 0 Å². The first-order valence-corrected chi connectivity index (χ1v) is 6.99. The van der Waals surface area contributed by atoms with Crippen LogP contribution in [-0.2, 0) is 9.59 Å². The quantitative estimate of drug-likeness (QED) is 0.681. The second-order valence-electron chi connectivity index (χ2n) is 6.09. The van der Waals surface area contributed by atoms with Crippen molar-refractivity contribution in [3.8, 4) is 0 Å². The van der Waals surface area contributed by atoms with Crippen LogP contribution in [0.1, 0.15) is 46.5 Å². The average Bonchev–Trinajstić information content (AvgIpc) is 2.68. The molecule has 0 radical (unpaired) electrons. The first-order valence-electron chi connectivity index (χ1n) is 6.99. The number of carbonyl (C=O) groups is 2. The van der Waals surface area contributed by atoms with Gasteiger partial charge in [0.15, 0.2) is 0 Å². The van der Waals surface area contributed by atoms with Gasteiger partial charge in [0, 0.05) is 6.54 Å². The van der Waals surface area contributed by atoms with Crippen LogP contribution in [0.5, 0.6) is 0 Å². The predicted molar refractivity (Wildman–Crippen MR) is 71.6 cm³/mol. The summed E-state index contributed by atoms with van der Waals surface area (Å²) in [7, 11) is 0. The number of aliphatic hydroxyl groups is 1. The van der Waals surface area contributed by atoms with Crippen LogP contribution in [0.15, 0.2) is 0 Å². The molecule has 1 rings (SSSR count). The van der Waals surface area contributed by atoms with Crippen molar-refractivity contribution in [2.45, 2.75) is 52.1 Å². The summed E-state index contributed by atoms with van der Waals surface area (Å²) >= 11 is 0. The summed E-state index contributed by atoms with van der Waals surface area (Å²) in [5.74, 6) is -1.94. The molecule has 0 aromatic heterocycles. The zero-order valence-corrected chi connectivity index (χ0v) is 12.0. The molecular weight excluding hydrogens is 246 g/mol. The smallest absolute Gasteiger partial charge is 0.307 e. The minimum atomic E-state index is -0.923. The molecule has 110 valence electrons. The number of carboxylic acids is 1. The molecule has 0 spiro atoms. The van der Waals surface area contributed by atoms with E-state index in [-0.39, 0.29) is 18.4 Å². The maximum atomic E-state index is 12.1. The van der Waals surface area contributed by atoms with Crippen LogP contribution in [0.2, 0.25) is 0 Å². The van der Waals surface area contributed by atoms with E-state index in [2.05, 4.69) is 5.32 Å². The predicted octanol–water partition coefficient (Wildman–Crippen LogP) is 1.40. The van der Waals surface area contributed by atoms with Gasteiger partial charge in [-0.25, -0.2) is 0 Å². The Kier molecular flexibility index (Phi) is 5.35. The summed E-state index contributed by atoms with van der Waals surface area (Å²) in [6, 6.07) is 0. The lowest BCUT2D eigenvalue weighted by atomic mass is 9.94. The van der Waals surface area contributed by atoms with Crippen molar-refractivity contribution in [3.05, 3.63) is 0 Å². The van der Waals surface area contributed by atoms with Crippen molar-refractivity contribution in [2.75, 3.05) is 6.54 Å². The maximum Gasteiger partial charge on any atom is 0.307 e. The molecule has 5 heteroatoms. The van der Waals surface area contributed by atoms with Gasteiger partial charge in [0.25, 0.3) is 0 Å². The van der Waals surface area contributed by atoms with Crippen molar-refractivity contribution in [1.29, 1.82) is 0 Å². The first-order chi connectivity index (χ1) is 8.76. The molecule has 3 N–H and O–H groups in total. The molecule has 5 nitrogen and oxygen atoms in total. The molecule has 4 unspecified atom stereocenters. The van der Waals surface area contributed by atoms with Crippen LogP contribution < -0.4 is 5.32 Å². The molecule has 1 saturated carbocycles. The minimum absolute atomic E-state index is 0.177. The van der Waals surface area contributed by atoms with E-state index in [1.54, 1.807) is 6.92 Å². The van der Waals surface area contributed by atoms with Crippen LogP contribution in [0.25, 0.3) is 0 Å². The van der Waals surface area contributed by atoms with E-state index in [0.29, 0.717) is 19.3 Å². The zero-order chi connectivity index (χ0) is 14.6. The highest BCUT2D eigenvalue weighted by atomic mass is 16.4. The number of aliphatic carboxylic acids is 1. The van der Waals surface area contributed by atoms with Gasteiger partial charge in [-0.2, -0.15) is 0 Å². The molecule has 0 aliphatic heterocycles. The fourth-order valence-corrected chi connectivity index (χ4v) is 2.89. The van der Waals surface area contributed by atoms with Gasteiger partial charge in [-0.3, -0.25) is 9.59 Å². The Morgan fingerprint density at radius 1 is 1.32 bits per heavy atom. The number of hydrogen-bond donors (Lipinski definition) is 3. The second-order valence-corrected chi connectivity index (χ2v) is 6.09. The summed E-state index contributed by atoms with van der Waals surface area (Å²) in [4.78, 5) is 23.2. The molecule has 4 atom stereocenters. The molecule has 1 fully saturated rings. The Morgan fingerprint density at radius 3 is 2.42 bits per heavy atom. The fourth-order valence-electron chi connectivity index (χ4n) is 2.89. The SMILES string of the molecule is CCCC(C)(O)CNC(=O)C1CC(C)CC1C(=O)O. The van der Waals surface area contributed by atoms with Crippen molar-refractivity contribution in [1.82, 2.24) is 5.32 Å². The molecule has 0 aromatic carbocycles. The number of carboxylic acid groups (broad SMARTS) is 1. The Morgan fingerprint density at radius 2 is 1.89 bits per heavy atom. The van der Waals surface area contributed by atoms with Gasteiger partial charge in [-0.1, -0.05) is 20.3 Å². The summed E-state index contributed by atoms with van der Waals surface area (Å²) in [6.07, 6.45) is 2.61. The Bertz CT molecular complexity index is 340. The fraction of sp³-hybridized carbons (Fsp3) is 0.857. The molecule has 0 aromatic rings. The average molecular weight is 271 g/mol. The Balaban J connectivity index is 2.55. The minimum Gasteiger partial charge on any atom is -0.481 e. The third-order valence-electron chi connectivity index (χ3n) is 3.88. The normalized spacial score (nSPS) is 29.8. The van der Waals surface area contributed by atoms with E-state index in [9.17, 15) is 14.7 Å². The molecule has 1 aliphatic rings. The number of rotatable bonds is 6.